The fraction of sp³-hybridized carbons (Fsp3) is 0.435. The summed E-state index contributed by atoms with van der Waals surface area (Å²) < 4.78 is 18.3. The molecule has 0 aliphatic carbocycles. The molecule has 0 radical (unpaired) electrons. The Labute approximate surface area is 182 Å². The second-order valence-electron chi connectivity index (χ2n) is 6.79. The summed E-state index contributed by atoms with van der Waals surface area (Å²) in [4.78, 5) is 38.0. The first-order valence-corrected chi connectivity index (χ1v) is 9.92. The van der Waals surface area contributed by atoms with Gasteiger partial charge in [0.25, 0.3) is 0 Å². The third-order valence-electron chi connectivity index (χ3n) is 4.39. The number of halogens is 1. The van der Waals surface area contributed by atoms with Crippen LogP contribution in [0.4, 0.5) is 10.1 Å². The summed E-state index contributed by atoms with van der Waals surface area (Å²) in [7, 11) is 1.24. The van der Waals surface area contributed by atoms with E-state index in [9.17, 15) is 18.8 Å². The summed E-state index contributed by atoms with van der Waals surface area (Å²) >= 11 is 0. The smallest absolute Gasteiger partial charge is 0.328 e. The van der Waals surface area contributed by atoms with Gasteiger partial charge in [0.15, 0.2) is 0 Å². The number of carbonyl (C=O) groups is 3. The summed E-state index contributed by atoms with van der Waals surface area (Å²) in [5.41, 5.74) is 0.0454. The van der Waals surface area contributed by atoms with E-state index < -0.39 is 29.6 Å². The van der Waals surface area contributed by atoms with Crippen molar-refractivity contribution in [3.05, 3.63) is 30.1 Å². The highest BCUT2D eigenvalue weighted by Crippen LogP contribution is 2.13. The number of nitrogens with one attached hydrogen (secondary N) is 2. The van der Waals surface area contributed by atoms with Crippen molar-refractivity contribution in [2.24, 2.45) is 0 Å². The van der Waals surface area contributed by atoms with Gasteiger partial charge in [-0.3, -0.25) is 14.5 Å². The molecule has 0 bridgehead atoms. The average molecular weight is 429 g/mol. The van der Waals surface area contributed by atoms with E-state index in [1.54, 1.807) is 6.07 Å². The van der Waals surface area contributed by atoms with Gasteiger partial charge in [0, 0.05) is 19.4 Å². The highest BCUT2D eigenvalue weighted by Gasteiger charge is 2.21. The van der Waals surface area contributed by atoms with Gasteiger partial charge in [-0.05, 0) is 31.4 Å². The Kier molecular flexibility index (Phi) is 12.1. The molecular weight excluding hydrogens is 401 g/mol. The SMILES string of the molecule is C#CCN(CC#C)CCCC[C@H](NC(=O)CCC(=O)Nc1ccccc1F)C(=O)OC. The molecule has 1 atom stereocenters. The van der Waals surface area contributed by atoms with Gasteiger partial charge < -0.3 is 15.4 Å². The second-order valence-corrected chi connectivity index (χ2v) is 6.79. The summed E-state index contributed by atoms with van der Waals surface area (Å²) in [5, 5.41) is 5.00. The molecule has 31 heavy (non-hydrogen) atoms. The first kappa shape index (κ1) is 25.7. The molecular formula is C23H28FN3O4. The van der Waals surface area contributed by atoms with E-state index in [-0.39, 0.29) is 18.5 Å². The van der Waals surface area contributed by atoms with E-state index in [0.717, 1.165) is 6.42 Å². The van der Waals surface area contributed by atoms with Gasteiger partial charge in [0.2, 0.25) is 11.8 Å². The maximum Gasteiger partial charge on any atom is 0.328 e. The molecule has 1 rings (SSSR count). The maximum absolute atomic E-state index is 13.6. The van der Waals surface area contributed by atoms with E-state index in [1.807, 2.05) is 4.90 Å². The van der Waals surface area contributed by atoms with Crippen LogP contribution < -0.4 is 10.6 Å². The number of hydrogen-bond donors (Lipinski definition) is 2. The first-order chi connectivity index (χ1) is 14.9. The van der Waals surface area contributed by atoms with Crippen molar-refractivity contribution in [3.63, 3.8) is 0 Å². The predicted molar refractivity (Wildman–Crippen MR) is 116 cm³/mol. The van der Waals surface area contributed by atoms with Crippen LogP contribution in [0.5, 0.6) is 0 Å². The standard InChI is InChI=1S/C23H28FN3O4/c1-4-15-27(16-5-2)17-9-8-12-20(23(30)31-3)26-22(29)14-13-21(28)25-19-11-7-6-10-18(19)24/h1-2,6-7,10-11,20H,8-9,12-17H2,3H3,(H,25,28)(H,26,29)/t20-/m0/s1. The Morgan fingerprint density at radius 1 is 1.10 bits per heavy atom. The number of anilines is 1. The number of rotatable bonds is 13. The van der Waals surface area contributed by atoms with Crippen LogP contribution in [-0.2, 0) is 19.1 Å². The summed E-state index contributed by atoms with van der Waals surface area (Å²) in [6.07, 6.45) is 12.1. The lowest BCUT2D eigenvalue weighted by Crippen LogP contribution is -2.41. The topological polar surface area (TPSA) is 87.7 Å². The lowest BCUT2D eigenvalue weighted by atomic mass is 10.1. The molecule has 0 unspecified atom stereocenters. The molecule has 0 saturated heterocycles. The Bertz CT molecular complexity index is 813. The number of ether oxygens (including phenoxy) is 1. The Morgan fingerprint density at radius 2 is 1.74 bits per heavy atom. The summed E-state index contributed by atoms with van der Waals surface area (Å²) in [5.74, 6) is 2.99. The molecule has 0 aliphatic heterocycles. The fourth-order valence-corrected chi connectivity index (χ4v) is 2.82. The predicted octanol–water partition coefficient (Wildman–Crippen LogP) is 1.94. The largest absolute Gasteiger partial charge is 0.467 e. The van der Waals surface area contributed by atoms with Gasteiger partial charge >= 0.3 is 5.97 Å². The van der Waals surface area contributed by atoms with Gasteiger partial charge in [-0.1, -0.05) is 24.0 Å². The van der Waals surface area contributed by atoms with Crippen molar-refractivity contribution in [1.29, 1.82) is 0 Å². The maximum atomic E-state index is 13.6. The number of benzene rings is 1. The van der Waals surface area contributed by atoms with Crippen LogP contribution in [0.3, 0.4) is 0 Å². The average Bonchev–Trinajstić information content (AvgIpc) is 2.75. The molecule has 2 amide bonds. The minimum atomic E-state index is -0.819. The fourth-order valence-electron chi connectivity index (χ4n) is 2.82. The van der Waals surface area contributed by atoms with Gasteiger partial charge in [0.05, 0.1) is 25.9 Å². The normalized spacial score (nSPS) is 11.1. The highest BCUT2D eigenvalue weighted by atomic mass is 19.1. The second kappa shape index (κ2) is 14.6. The summed E-state index contributed by atoms with van der Waals surface area (Å²) in [6, 6.07) is 4.93. The minimum absolute atomic E-state index is 0.0454. The zero-order chi connectivity index (χ0) is 23.1. The van der Waals surface area contributed by atoms with Crippen molar-refractivity contribution < 1.29 is 23.5 Å². The first-order valence-electron chi connectivity index (χ1n) is 9.92. The van der Waals surface area contributed by atoms with Crippen molar-refractivity contribution in [3.8, 4) is 24.7 Å². The van der Waals surface area contributed by atoms with E-state index in [2.05, 4.69) is 22.5 Å². The summed E-state index contributed by atoms with van der Waals surface area (Å²) in [6.45, 7) is 1.55. The van der Waals surface area contributed by atoms with Crippen LogP contribution in [-0.4, -0.2) is 55.5 Å². The molecule has 166 valence electrons. The lowest BCUT2D eigenvalue weighted by Gasteiger charge is -2.19. The van der Waals surface area contributed by atoms with Gasteiger partial charge in [-0.2, -0.15) is 0 Å². The molecule has 8 heteroatoms. The van der Waals surface area contributed by atoms with Crippen LogP contribution in [0.2, 0.25) is 0 Å². The number of methoxy groups -OCH3 is 1. The highest BCUT2D eigenvalue weighted by molar-refractivity contribution is 5.94. The molecule has 0 fully saturated rings. The molecule has 1 aromatic rings. The van der Waals surface area contributed by atoms with E-state index in [0.29, 0.717) is 32.5 Å². The quantitative estimate of drug-likeness (QED) is 0.284. The molecule has 0 spiro atoms. The Morgan fingerprint density at radius 3 is 2.35 bits per heavy atom. The lowest BCUT2D eigenvalue weighted by molar-refractivity contribution is -0.145. The van der Waals surface area contributed by atoms with Crippen LogP contribution in [0.1, 0.15) is 32.1 Å². The van der Waals surface area contributed by atoms with Crippen molar-refractivity contribution in [1.82, 2.24) is 10.2 Å². The van der Waals surface area contributed by atoms with Crippen LogP contribution >= 0.6 is 0 Å². The number of terminal acetylenes is 2. The number of hydrogen-bond acceptors (Lipinski definition) is 5. The number of carbonyl (C=O) groups excluding carboxylic acids is 3. The molecule has 2 N–H and O–H groups in total. The van der Waals surface area contributed by atoms with Gasteiger partial charge in [0.1, 0.15) is 11.9 Å². The Balaban J connectivity index is 2.44. The van der Waals surface area contributed by atoms with Gasteiger partial charge in [-0.25, -0.2) is 9.18 Å². The van der Waals surface area contributed by atoms with Crippen molar-refractivity contribution in [2.45, 2.75) is 38.1 Å². The minimum Gasteiger partial charge on any atom is -0.467 e. The molecule has 0 saturated carbocycles. The van der Waals surface area contributed by atoms with Crippen molar-refractivity contribution in [2.75, 3.05) is 32.1 Å². The van der Waals surface area contributed by atoms with E-state index >= 15 is 0 Å². The third-order valence-corrected chi connectivity index (χ3v) is 4.39. The monoisotopic (exact) mass is 429 g/mol. The molecule has 0 aliphatic rings. The molecule has 1 aromatic carbocycles. The van der Waals surface area contributed by atoms with Gasteiger partial charge in [-0.15, -0.1) is 12.8 Å². The third kappa shape index (κ3) is 10.3. The number of unbranched alkanes of at least 4 members (excludes halogenated alkanes) is 1. The van der Waals surface area contributed by atoms with Crippen molar-refractivity contribution >= 4 is 23.5 Å². The van der Waals surface area contributed by atoms with E-state index in [4.69, 9.17) is 17.6 Å². The zero-order valence-electron chi connectivity index (χ0n) is 17.7. The van der Waals surface area contributed by atoms with Crippen LogP contribution in [0.25, 0.3) is 0 Å². The Hall–Kier alpha value is -3.36. The van der Waals surface area contributed by atoms with E-state index in [1.165, 1.54) is 25.3 Å². The van der Waals surface area contributed by atoms with Crippen LogP contribution in [0.15, 0.2) is 24.3 Å². The number of amides is 2. The molecule has 0 heterocycles. The van der Waals surface area contributed by atoms with Crippen LogP contribution in [0, 0.1) is 30.5 Å². The number of para-hydroxylation sites is 1. The number of nitrogens with zero attached hydrogens (tertiary/aromatic N) is 1. The molecule has 0 aromatic heterocycles. The molecule has 7 nitrogen and oxygen atoms in total. The number of esters is 1. The zero-order valence-corrected chi connectivity index (χ0v) is 17.7.